The Morgan fingerprint density at radius 1 is 0.970 bits per heavy atom. The van der Waals surface area contributed by atoms with Crippen molar-refractivity contribution in [1.29, 1.82) is 0 Å². The fourth-order valence-corrected chi connectivity index (χ4v) is 4.76. The summed E-state index contributed by atoms with van der Waals surface area (Å²) in [6.07, 6.45) is 12.3. The summed E-state index contributed by atoms with van der Waals surface area (Å²) in [6.45, 7) is 3.47. The van der Waals surface area contributed by atoms with E-state index in [4.69, 9.17) is 5.73 Å². The lowest BCUT2D eigenvalue weighted by molar-refractivity contribution is 0.211. The molecule has 0 saturated carbocycles. The Kier molecular flexibility index (Phi) is 6.37. The zero-order valence-electron chi connectivity index (χ0n) is 18.9. The molecule has 3 N–H and O–H groups in total. The molecular formula is C27H31N5O. The molecular weight excluding hydrogens is 410 g/mol. The number of likely N-dealkylation sites (tertiary alicyclic amines) is 1. The summed E-state index contributed by atoms with van der Waals surface area (Å²) in [5.41, 5.74) is 8.79. The summed E-state index contributed by atoms with van der Waals surface area (Å²) in [7, 11) is 0. The van der Waals surface area contributed by atoms with Crippen LogP contribution < -0.4 is 27.0 Å². The van der Waals surface area contributed by atoms with Crippen molar-refractivity contribution in [2.45, 2.75) is 44.8 Å². The highest BCUT2D eigenvalue weighted by atomic mass is 16.1. The molecule has 2 aliphatic rings. The number of nitrogens with two attached hydrogens (primary N) is 1. The van der Waals surface area contributed by atoms with Gasteiger partial charge in [0.25, 0.3) is 5.56 Å². The maximum Gasteiger partial charge on any atom is 0.297 e. The van der Waals surface area contributed by atoms with Crippen LogP contribution in [0.1, 0.15) is 36.8 Å². The van der Waals surface area contributed by atoms with Crippen LogP contribution in [0.2, 0.25) is 0 Å². The monoisotopic (exact) mass is 441 g/mol. The molecule has 3 aromatic rings. The van der Waals surface area contributed by atoms with Crippen molar-refractivity contribution in [2.24, 2.45) is 5.73 Å². The van der Waals surface area contributed by atoms with Crippen LogP contribution in [-0.4, -0.2) is 33.6 Å². The minimum Gasteiger partial charge on any atom is -0.363 e. The molecule has 0 amide bonds. The molecule has 0 spiro atoms. The first-order valence-corrected chi connectivity index (χ1v) is 11.8. The van der Waals surface area contributed by atoms with E-state index in [2.05, 4.69) is 45.6 Å². The largest absolute Gasteiger partial charge is 0.363 e. The number of rotatable bonds is 6. The van der Waals surface area contributed by atoms with E-state index in [0.29, 0.717) is 12.4 Å². The van der Waals surface area contributed by atoms with Crippen LogP contribution in [0.4, 0.5) is 5.82 Å². The summed E-state index contributed by atoms with van der Waals surface area (Å²) < 4.78 is 1.63. The fourth-order valence-electron chi connectivity index (χ4n) is 4.76. The van der Waals surface area contributed by atoms with Crippen LogP contribution in [0.25, 0.3) is 17.8 Å². The molecule has 0 bridgehead atoms. The molecule has 1 saturated heterocycles. The molecule has 6 nitrogen and oxygen atoms in total. The van der Waals surface area contributed by atoms with Gasteiger partial charge in [-0.15, -0.1) is 0 Å². The van der Waals surface area contributed by atoms with E-state index in [0.717, 1.165) is 56.6 Å². The molecule has 170 valence electrons. The first-order chi connectivity index (χ1) is 16.2. The average Bonchev–Trinajstić information content (AvgIpc) is 2.86. The van der Waals surface area contributed by atoms with Crippen molar-refractivity contribution in [2.75, 3.05) is 18.4 Å². The van der Waals surface area contributed by atoms with Gasteiger partial charge in [0.2, 0.25) is 0 Å². The van der Waals surface area contributed by atoms with E-state index < -0.39 is 0 Å². The minimum atomic E-state index is -0.123. The standard InChI is InChI=1S/C27H31N5O/c28-18-20-6-9-25(10-7-20)32-16-13-29-26(27(32)33)30-24-11-14-31(15-12-24)19-21-5-8-22-3-1-2-4-23(22)17-21/h3-10,13,16-17,24H,1-2,11-12,14-15,18-19,28H2,(H,29,30). The van der Waals surface area contributed by atoms with Gasteiger partial charge in [0, 0.05) is 50.3 Å². The Balaban J connectivity index is 1.21. The third-order valence-electron chi connectivity index (χ3n) is 6.67. The van der Waals surface area contributed by atoms with Gasteiger partial charge in [0.15, 0.2) is 5.82 Å². The highest BCUT2D eigenvalue weighted by Crippen LogP contribution is 2.16. The molecule has 0 unspecified atom stereocenters. The van der Waals surface area contributed by atoms with Gasteiger partial charge in [0.1, 0.15) is 0 Å². The molecule has 2 heterocycles. The number of fused-ring (bicyclic) bond motifs is 1. The normalized spacial score (nSPS) is 16.5. The van der Waals surface area contributed by atoms with Crippen LogP contribution in [-0.2, 0) is 13.1 Å². The lowest BCUT2D eigenvalue weighted by Gasteiger charge is -2.32. The number of nitrogens with one attached hydrogen (secondary N) is 1. The summed E-state index contributed by atoms with van der Waals surface area (Å²) in [6, 6.07) is 14.8. The summed E-state index contributed by atoms with van der Waals surface area (Å²) >= 11 is 0. The predicted molar refractivity (Wildman–Crippen MR) is 134 cm³/mol. The summed E-state index contributed by atoms with van der Waals surface area (Å²) in [5, 5.41) is 6.15. The zero-order chi connectivity index (χ0) is 22.6. The molecule has 1 aliphatic carbocycles. The topological polar surface area (TPSA) is 76.2 Å². The van der Waals surface area contributed by atoms with Crippen molar-refractivity contribution < 1.29 is 0 Å². The van der Waals surface area contributed by atoms with Crippen LogP contribution in [0, 0.1) is 0 Å². The number of anilines is 1. The van der Waals surface area contributed by atoms with Gasteiger partial charge < -0.3 is 11.1 Å². The van der Waals surface area contributed by atoms with Crippen LogP contribution in [0.15, 0.2) is 59.7 Å². The second kappa shape index (κ2) is 9.73. The second-order valence-corrected chi connectivity index (χ2v) is 8.97. The number of hydrogen-bond donors (Lipinski definition) is 2. The molecule has 1 aromatic heterocycles. The molecule has 1 aliphatic heterocycles. The van der Waals surface area contributed by atoms with Gasteiger partial charge in [-0.1, -0.05) is 42.5 Å². The van der Waals surface area contributed by atoms with E-state index in [9.17, 15) is 4.79 Å². The van der Waals surface area contributed by atoms with Crippen molar-refractivity contribution in [1.82, 2.24) is 14.5 Å². The third kappa shape index (κ3) is 4.92. The Morgan fingerprint density at radius 3 is 2.45 bits per heavy atom. The maximum atomic E-state index is 13.0. The van der Waals surface area contributed by atoms with Gasteiger partial charge in [0.05, 0.1) is 0 Å². The molecule has 0 atom stereocenters. The van der Waals surface area contributed by atoms with E-state index in [-0.39, 0.29) is 11.6 Å². The number of piperidine rings is 1. The highest BCUT2D eigenvalue weighted by Gasteiger charge is 2.21. The van der Waals surface area contributed by atoms with Crippen molar-refractivity contribution >= 4 is 18.0 Å². The van der Waals surface area contributed by atoms with Crippen LogP contribution in [0.3, 0.4) is 0 Å². The fraction of sp³-hybridized carbons (Fsp3) is 0.333. The van der Waals surface area contributed by atoms with Crippen LogP contribution >= 0.6 is 0 Å². The predicted octanol–water partition coefficient (Wildman–Crippen LogP) is 2.12. The molecule has 5 rings (SSSR count). The number of hydrogen-bond acceptors (Lipinski definition) is 5. The van der Waals surface area contributed by atoms with Crippen molar-refractivity contribution in [3.63, 3.8) is 0 Å². The molecule has 2 aromatic carbocycles. The number of benzene rings is 2. The number of nitrogens with zero attached hydrogens (tertiary/aromatic N) is 3. The molecule has 0 radical (unpaired) electrons. The second-order valence-electron chi connectivity index (χ2n) is 8.97. The van der Waals surface area contributed by atoms with Gasteiger partial charge in [-0.05, 0) is 59.4 Å². The lowest BCUT2D eigenvalue weighted by atomic mass is 10.0. The Bertz CT molecular complexity index is 1290. The van der Waals surface area contributed by atoms with Crippen LogP contribution in [0.5, 0.6) is 0 Å². The van der Waals surface area contributed by atoms with E-state index in [1.807, 2.05) is 24.3 Å². The van der Waals surface area contributed by atoms with Crippen molar-refractivity contribution in [3.05, 3.63) is 86.8 Å². The van der Waals surface area contributed by atoms with E-state index in [1.165, 1.54) is 16.0 Å². The number of aromatic nitrogens is 2. The van der Waals surface area contributed by atoms with Gasteiger partial charge in [-0.25, -0.2) is 4.98 Å². The minimum absolute atomic E-state index is 0.123. The Labute approximate surface area is 194 Å². The van der Waals surface area contributed by atoms with Gasteiger partial charge >= 0.3 is 0 Å². The maximum absolute atomic E-state index is 13.0. The molecule has 33 heavy (non-hydrogen) atoms. The highest BCUT2D eigenvalue weighted by molar-refractivity contribution is 5.41. The van der Waals surface area contributed by atoms with E-state index in [1.54, 1.807) is 17.0 Å². The van der Waals surface area contributed by atoms with Gasteiger partial charge in [-0.3, -0.25) is 14.3 Å². The first kappa shape index (κ1) is 21.6. The van der Waals surface area contributed by atoms with Gasteiger partial charge in [-0.2, -0.15) is 0 Å². The third-order valence-corrected chi connectivity index (χ3v) is 6.67. The Morgan fingerprint density at radius 2 is 1.70 bits per heavy atom. The molecule has 1 fully saturated rings. The van der Waals surface area contributed by atoms with E-state index >= 15 is 0 Å². The zero-order valence-corrected chi connectivity index (χ0v) is 18.9. The smallest absolute Gasteiger partial charge is 0.297 e. The average molecular weight is 442 g/mol. The quantitative estimate of drug-likeness (QED) is 0.613. The lowest BCUT2D eigenvalue weighted by Crippen LogP contribution is -2.40. The SMILES string of the molecule is NCc1ccc(-n2ccnc(NC3CCN(Cc4ccc5c(c4)=CCCC=5)CC3)c2=O)cc1. The molecule has 6 heteroatoms. The summed E-state index contributed by atoms with van der Waals surface area (Å²) in [5.74, 6) is 0.417. The van der Waals surface area contributed by atoms with Crippen molar-refractivity contribution in [3.8, 4) is 5.69 Å². The summed E-state index contributed by atoms with van der Waals surface area (Å²) in [4.78, 5) is 19.9. The first-order valence-electron chi connectivity index (χ1n) is 11.8. The Hall–Kier alpha value is -3.22.